The number of halogens is 1. The van der Waals surface area contributed by atoms with E-state index in [1.165, 1.54) is 6.07 Å². The lowest BCUT2D eigenvalue weighted by atomic mass is 10.1. The van der Waals surface area contributed by atoms with Crippen LogP contribution < -0.4 is 0 Å². The molecule has 114 valence electrons. The molecule has 1 atom stereocenters. The molecule has 1 heterocycles. The molecule has 6 heteroatoms. The molecule has 2 rings (SSSR count). The zero-order valence-electron chi connectivity index (χ0n) is 12.2. The number of hydrogen-bond acceptors (Lipinski definition) is 3. The van der Waals surface area contributed by atoms with Gasteiger partial charge in [-0.1, -0.05) is 11.6 Å². The van der Waals surface area contributed by atoms with Crippen LogP contribution >= 0.6 is 0 Å². The Hall–Kier alpha value is -1.95. The van der Waals surface area contributed by atoms with Crippen molar-refractivity contribution in [1.29, 1.82) is 0 Å². The third-order valence-electron chi connectivity index (χ3n) is 3.86. The average Bonchev–Trinajstić information content (AvgIpc) is 2.48. The van der Waals surface area contributed by atoms with Crippen LogP contribution in [0.4, 0.5) is 4.39 Å². The summed E-state index contributed by atoms with van der Waals surface area (Å²) < 4.78 is 13.8. The van der Waals surface area contributed by atoms with E-state index in [-0.39, 0.29) is 11.5 Å². The van der Waals surface area contributed by atoms with Crippen LogP contribution in [0.2, 0.25) is 0 Å². The molecule has 0 spiro atoms. The minimum atomic E-state index is -0.875. The molecule has 1 amide bonds. The van der Waals surface area contributed by atoms with Crippen molar-refractivity contribution >= 4 is 11.9 Å². The quantitative estimate of drug-likeness (QED) is 0.914. The van der Waals surface area contributed by atoms with Crippen LogP contribution in [-0.4, -0.2) is 59.0 Å². The summed E-state index contributed by atoms with van der Waals surface area (Å²) in [4.78, 5) is 26.7. The Kier molecular flexibility index (Phi) is 4.57. The van der Waals surface area contributed by atoms with Gasteiger partial charge in [-0.15, -0.1) is 0 Å². The Morgan fingerprint density at radius 3 is 2.43 bits per heavy atom. The topological polar surface area (TPSA) is 60.9 Å². The maximum atomic E-state index is 13.8. The smallest absolute Gasteiger partial charge is 0.320 e. The average molecular weight is 294 g/mol. The molecule has 1 aromatic rings. The second kappa shape index (κ2) is 6.22. The molecule has 5 nitrogen and oxygen atoms in total. The highest BCUT2D eigenvalue weighted by molar-refractivity contribution is 5.94. The van der Waals surface area contributed by atoms with Gasteiger partial charge in [0, 0.05) is 26.2 Å². The number of rotatable bonds is 3. The van der Waals surface area contributed by atoms with Crippen LogP contribution in [0.15, 0.2) is 18.2 Å². The van der Waals surface area contributed by atoms with Crippen molar-refractivity contribution < 1.29 is 19.1 Å². The van der Waals surface area contributed by atoms with Crippen molar-refractivity contribution in [3.05, 3.63) is 35.1 Å². The van der Waals surface area contributed by atoms with Gasteiger partial charge in [0.2, 0.25) is 0 Å². The predicted molar refractivity (Wildman–Crippen MR) is 75.7 cm³/mol. The van der Waals surface area contributed by atoms with Crippen LogP contribution in [0.3, 0.4) is 0 Å². The zero-order valence-corrected chi connectivity index (χ0v) is 12.2. The maximum absolute atomic E-state index is 13.8. The van der Waals surface area contributed by atoms with Crippen molar-refractivity contribution in [3.8, 4) is 0 Å². The van der Waals surface area contributed by atoms with E-state index < -0.39 is 17.8 Å². The Labute approximate surface area is 123 Å². The number of amides is 1. The minimum Gasteiger partial charge on any atom is -0.480 e. The van der Waals surface area contributed by atoms with Crippen LogP contribution in [0.25, 0.3) is 0 Å². The fraction of sp³-hybridized carbons (Fsp3) is 0.467. The number of carboxylic acid groups (broad SMARTS) is 1. The fourth-order valence-electron chi connectivity index (χ4n) is 2.44. The number of benzene rings is 1. The number of piperazine rings is 1. The van der Waals surface area contributed by atoms with Crippen molar-refractivity contribution in [1.82, 2.24) is 9.80 Å². The summed E-state index contributed by atoms with van der Waals surface area (Å²) in [6.07, 6.45) is 0. The van der Waals surface area contributed by atoms with Crippen molar-refractivity contribution in [3.63, 3.8) is 0 Å². The van der Waals surface area contributed by atoms with E-state index in [1.807, 2.05) is 6.92 Å². The van der Waals surface area contributed by atoms with Gasteiger partial charge in [0.25, 0.3) is 5.91 Å². The second-order valence-corrected chi connectivity index (χ2v) is 5.33. The zero-order chi connectivity index (χ0) is 15.6. The third-order valence-corrected chi connectivity index (χ3v) is 3.86. The van der Waals surface area contributed by atoms with Crippen LogP contribution in [0, 0.1) is 12.7 Å². The molecule has 1 unspecified atom stereocenters. The Morgan fingerprint density at radius 1 is 1.24 bits per heavy atom. The van der Waals surface area contributed by atoms with Gasteiger partial charge in [-0.25, -0.2) is 4.39 Å². The van der Waals surface area contributed by atoms with Crippen molar-refractivity contribution in [2.24, 2.45) is 0 Å². The second-order valence-electron chi connectivity index (χ2n) is 5.33. The third kappa shape index (κ3) is 3.39. The highest BCUT2D eigenvalue weighted by atomic mass is 19.1. The molecule has 1 aliphatic heterocycles. The van der Waals surface area contributed by atoms with Crippen LogP contribution in [-0.2, 0) is 4.79 Å². The molecule has 1 N–H and O–H groups in total. The number of aryl methyl sites for hydroxylation is 1. The lowest BCUT2D eigenvalue weighted by Crippen LogP contribution is -2.53. The van der Waals surface area contributed by atoms with Crippen molar-refractivity contribution in [2.45, 2.75) is 19.9 Å². The first-order chi connectivity index (χ1) is 9.90. The predicted octanol–water partition coefficient (Wildman–Crippen LogP) is 1.37. The number of aliphatic carboxylic acids is 1. The SMILES string of the molecule is Cc1ccc(F)c(C(=O)N2CCN(C(C)C(=O)O)CC2)c1. The Morgan fingerprint density at radius 2 is 1.86 bits per heavy atom. The molecule has 1 saturated heterocycles. The number of carbonyl (C=O) groups is 2. The summed E-state index contributed by atoms with van der Waals surface area (Å²) >= 11 is 0. The highest BCUT2D eigenvalue weighted by Crippen LogP contribution is 2.15. The fourth-order valence-corrected chi connectivity index (χ4v) is 2.44. The highest BCUT2D eigenvalue weighted by Gasteiger charge is 2.28. The van der Waals surface area contributed by atoms with Gasteiger partial charge in [0.15, 0.2) is 0 Å². The van der Waals surface area contributed by atoms with Crippen LogP contribution in [0.1, 0.15) is 22.8 Å². The molecule has 1 aliphatic rings. The molecule has 0 saturated carbocycles. The molecule has 1 fully saturated rings. The van der Waals surface area contributed by atoms with Gasteiger partial charge >= 0.3 is 5.97 Å². The first kappa shape index (κ1) is 15.4. The molecule has 1 aromatic carbocycles. The maximum Gasteiger partial charge on any atom is 0.320 e. The Balaban J connectivity index is 2.03. The van der Waals surface area contributed by atoms with Crippen molar-refractivity contribution in [2.75, 3.05) is 26.2 Å². The molecule has 0 radical (unpaired) electrons. The first-order valence-electron chi connectivity index (χ1n) is 6.92. The summed E-state index contributed by atoms with van der Waals surface area (Å²) in [6.45, 7) is 5.20. The summed E-state index contributed by atoms with van der Waals surface area (Å²) in [5.41, 5.74) is 0.910. The van der Waals surface area contributed by atoms with E-state index in [0.29, 0.717) is 26.2 Å². The number of carbonyl (C=O) groups excluding carboxylic acids is 1. The lowest BCUT2D eigenvalue weighted by molar-refractivity contribution is -0.143. The molecule has 0 aromatic heterocycles. The van der Waals surface area contributed by atoms with E-state index >= 15 is 0 Å². The number of carboxylic acids is 1. The van der Waals surface area contributed by atoms with Gasteiger partial charge in [0.05, 0.1) is 5.56 Å². The van der Waals surface area contributed by atoms with E-state index in [2.05, 4.69) is 0 Å². The number of nitrogens with zero attached hydrogens (tertiary/aromatic N) is 2. The minimum absolute atomic E-state index is 0.0785. The molecule has 21 heavy (non-hydrogen) atoms. The normalized spacial score (nSPS) is 17.6. The number of hydrogen-bond donors (Lipinski definition) is 1. The van der Waals surface area contributed by atoms with E-state index in [4.69, 9.17) is 5.11 Å². The van der Waals surface area contributed by atoms with Gasteiger partial charge in [-0.2, -0.15) is 0 Å². The van der Waals surface area contributed by atoms with E-state index in [1.54, 1.807) is 28.9 Å². The molecule has 0 bridgehead atoms. The Bertz CT molecular complexity index is 554. The lowest BCUT2D eigenvalue weighted by Gasteiger charge is -2.36. The van der Waals surface area contributed by atoms with Gasteiger partial charge in [-0.3, -0.25) is 14.5 Å². The van der Waals surface area contributed by atoms with Gasteiger partial charge in [-0.05, 0) is 26.0 Å². The van der Waals surface area contributed by atoms with Crippen LogP contribution in [0.5, 0.6) is 0 Å². The summed E-state index contributed by atoms with van der Waals surface area (Å²) in [7, 11) is 0. The molecular formula is C15H19FN2O3. The molecule has 0 aliphatic carbocycles. The standard InChI is InChI=1S/C15H19FN2O3/c1-10-3-4-13(16)12(9-10)14(19)18-7-5-17(6-8-18)11(2)15(20)21/h3-4,9,11H,5-8H2,1-2H3,(H,20,21). The molecular weight excluding hydrogens is 275 g/mol. The van der Waals surface area contributed by atoms with E-state index in [0.717, 1.165) is 5.56 Å². The van der Waals surface area contributed by atoms with E-state index in [9.17, 15) is 14.0 Å². The summed E-state index contributed by atoms with van der Waals surface area (Å²) in [5, 5.41) is 8.98. The summed E-state index contributed by atoms with van der Waals surface area (Å²) in [5.74, 6) is -1.73. The largest absolute Gasteiger partial charge is 0.480 e. The first-order valence-corrected chi connectivity index (χ1v) is 6.92. The monoisotopic (exact) mass is 294 g/mol. The van der Waals surface area contributed by atoms with Gasteiger partial charge < -0.3 is 10.0 Å². The van der Waals surface area contributed by atoms with Gasteiger partial charge in [0.1, 0.15) is 11.9 Å². The summed E-state index contributed by atoms with van der Waals surface area (Å²) in [6, 6.07) is 3.89.